The summed E-state index contributed by atoms with van der Waals surface area (Å²) in [7, 11) is -3.82. The van der Waals surface area contributed by atoms with Crippen LogP contribution >= 0.6 is 0 Å². The van der Waals surface area contributed by atoms with Crippen LogP contribution in [0, 0.1) is 0 Å². The number of fused-ring (bicyclic) bond motifs is 1. The summed E-state index contributed by atoms with van der Waals surface area (Å²) in [6.45, 7) is 1.00. The van der Waals surface area contributed by atoms with Gasteiger partial charge in [0.1, 0.15) is 12.1 Å². The molecule has 0 unspecified atom stereocenters. The molecule has 0 fully saturated rings. The fourth-order valence-electron chi connectivity index (χ4n) is 3.95. The Hall–Kier alpha value is -3.83. The van der Waals surface area contributed by atoms with Crippen molar-refractivity contribution in [2.24, 2.45) is 5.14 Å². The molecule has 3 heterocycles. The Kier molecular flexibility index (Phi) is 5.72. The van der Waals surface area contributed by atoms with Crippen LogP contribution in [0.1, 0.15) is 33.3 Å². The van der Waals surface area contributed by atoms with E-state index in [0.29, 0.717) is 43.9 Å². The van der Waals surface area contributed by atoms with Gasteiger partial charge in [-0.1, -0.05) is 35.5 Å². The number of primary sulfonamides is 1. The number of hydrogen-bond acceptors (Lipinski definition) is 7. The van der Waals surface area contributed by atoms with E-state index in [0.717, 1.165) is 16.8 Å². The van der Waals surface area contributed by atoms with Gasteiger partial charge in [-0.15, -0.1) is 5.10 Å². The van der Waals surface area contributed by atoms with E-state index in [9.17, 15) is 13.2 Å². The maximum Gasteiger partial charge on any atom is 0.293 e. The molecule has 0 atom stereocenters. The van der Waals surface area contributed by atoms with Gasteiger partial charge in [-0.3, -0.25) is 4.79 Å². The lowest BCUT2D eigenvalue weighted by atomic mass is 10.1. The molecule has 0 bridgehead atoms. The minimum Gasteiger partial charge on any atom is -0.364 e. The maximum absolute atomic E-state index is 13.3. The second kappa shape index (κ2) is 8.84. The van der Waals surface area contributed by atoms with Crippen LogP contribution in [-0.4, -0.2) is 52.2 Å². The number of rotatable bonds is 5. The predicted molar refractivity (Wildman–Crippen MR) is 122 cm³/mol. The molecule has 0 spiro atoms. The second-order valence-corrected chi connectivity index (χ2v) is 9.60. The molecule has 0 saturated carbocycles. The number of nitrogens with two attached hydrogens (primary N) is 1. The monoisotopic (exact) mass is 478 g/mol. The van der Waals surface area contributed by atoms with Gasteiger partial charge < -0.3 is 9.42 Å². The molecule has 34 heavy (non-hydrogen) atoms. The first-order valence-electron chi connectivity index (χ1n) is 10.7. The number of amides is 1. The van der Waals surface area contributed by atoms with Crippen molar-refractivity contribution >= 4 is 15.9 Å². The van der Waals surface area contributed by atoms with Crippen LogP contribution in [0.3, 0.4) is 0 Å². The van der Waals surface area contributed by atoms with Crippen LogP contribution in [-0.2, 0) is 29.3 Å². The highest BCUT2D eigenvalue weighted by Gasteiger charge is 2.26. The Morgan fingerprint density at radius 2 is 1.76 bits per heavy atom. The Bertz CT molecular complexity index is 1410. The van der Waals surface area contributed by atoms with Crippen molar-refractivity contribution in [3.05, 3.63) is 89.3 Å². The molecular weight excluding hydrogens is 456 g/mol. The number of carbonyl (C=O) groups is 1. The number of aromatic nitrogens is 4. The second-order valence-electron chi connectivity index (χ2n) is 8.04. The van der Waals surface area contributed by atoms with Crippen molar-refractivity contribution in [3.8, 4) is 5.69 Å². The zero-order valence-corrected chi connectivity index (χ0v) is 19.0. The Morgan fingerprint density at radius 3 is 2.50 bits per heavy atom. The topological polar surface area (TPSA) is 137 Å². The fraction of sp³-hybridized carbons (Fsp3) is 0.217. The molecule has 0 aliphatic carbocycles. The van der Waals surface area contributed by atoms with Gasteiger partial charge >= 0.3 is 0 Å². The maximum atomic E-state index is 13.3. The molecule has 0 saturated heterocycles. The highest BCUT2D eigenvalue weighted by Crippen LogP contribution is 2.19. The summed E-state index contributed by atoms with van der Waals surface area (Å²) >= 11 is 0. The third-order valence-corrected chi connectivity index (χ3v) is 6.69. The molecule has 2 aromatic heterocycles. The molecule has 4 aromatic rings. The zero-order chi connectivity index (χ0) is 23.7. The van der Waals surface area contributed by atoms with Crippen molar-refractivity contribution in [2.45, 2.75) is 24.2 Å². The summed E-state index contributed by atoms with van der Waals surface area (Å²) in [5.41, 5.74) is 3.46. The lowest BCUT2D eigenvalue weighted by Gasteiger charge is -2.18. The smallest absolute Gasteiger partial charge is 0.293 e. The summed E-state index contributed by atoms with van der Waals surface area (Å²) in [5.74, 6) is 0.377. The van der Waals surface area contributed by atoms with E-state index in [1.807, 2.05) is 30.3 Å². The fourth-order valence-corrected chi connectivity index (χ4v) is 4.47. The number of benzene rings is 2. The molecule has 5 rings (SSSR count). The zero-order valence-electron chi connectivity index (χ0n) is 18.2. The van der Waals surface area contributed by atoms with Crippen LogP contribution in [0.4, 0.5) is 0 Å². The van der Waals surface area contributed by atoms with E-state index in [2.05, 4.69) is 15.2 Å². The highest BCUT2D eigenvalue weighted by atomic mass is 32.2. The van der Waals surface area contributed by atoms with Gasteiger partial charge in [-0.05, 0) is 36.2 Å². The van der Waals surface area contributed by atoms with Gasteiger partial charge in [0.2, 0.25) is 15.8 Å². The third-order valence-electron chi connectivity index (χ3n) is 5.77. The summed E-state index contributed by atoms with van der Waals surface area (Å²) in [6, 6.07) is 15.7. The normalized spacial score (nSPS) is 14.0. The molecule has 11 heteroatoms. The first-order chi connectivity index (χ1) is 16.4. The van der Waals surface area contributed by atoms with Gasteiger partial charge in [0.15, 0.2) is 0 Å². The van der Waals surface area contributed by atoms with E-state index in [-0.39, 0.29) is 16.6 Å². The quantitative estimate of drug-likeness (QED) is 0.461. The van der Waals surface area contributed by atoms with E-state index in [4.69, 9.17) is 9.66 Å². The van der Waals surface area contributed by atoms with Crippen molar-refractivity contribution < 1.29 is 17.7 Å². The average Bonchev–Trinajstić information content (AvgIpc) is 3.41. The van der Waals surface area contributed by atoms with Gasteiger partial charge in [-0.2, -0.15) is 0 Å². The van der Waals surface area contributed by atoms with Crippen molar-refractivity contribution in [1.29, 1.82) is 0 Å². The Morgan fingerprint density at radius 1 is 1.03 bits per heavy atom. The molecular formula is C23H22N6O4S. The molecule has 174 valence electrons. The minimum atomic E-state index is -3.82. The molecule has 10 nitrogen and oxygen atoms in total. The molecule has 2 aromatic carbocycles. The van der Waals surface area contributed by atoms with Gasteiger partial charge in [0.25, 0.3) is 5.91 Å². The van der Waals surface area contributed by atoms with E-state index >= 15 is 0 Å². The van der Waals surface area contributed by atoms with Crippen LogP contribution in [0.2, 0.25) is 0 Å². The van der Waals surface area contributed by atoms with Crippen LogP contribution in [0.15, 0.2) is 70.3 Å². The highest BCUT2D eigenvalue weighted by molar-refractivity contribution is 7.89. The predicted octanol–water partition coefficient (Wildman–Crippen LogP) is 1.73. The van der Waals surface area contributed by atoms with Crippen molar-refractivity contribution in [2.75, 3.05) is 13.1 Å². The third kappa shape index (κ3) is 4.47. The number of sulfonamides is 1. The van der Waals surface area contributed by atoms with Gasteiger partial charge in [-0.25, -0.2) is 23.2 Å². The summed E-state index contributed by atoms with van der Waals surface area (Å²) in [4.78, 5) is 19.6. The molecule has 2 N–H and O–H groups in total. The summed E-state index contributed by atoms with van der Waals surface area (Å²) in [5, 5.41) is 13.7. The van der Waals surface area contributed by atoms with Crippen molar-refractivity contribution in [3.63, 3.8) is 0 Å². The molecule has 1 amide bonds. The van der Waals surface area contributed by atoms with E-state index in [1.165, 1.54) is 12.1 Å². The van der Waals surface area contributed by atoms with E-state index < -0.39 is 10.0 Å². The van der Waals surface area contributed by atoms with Crippen molar-refractivity contribution in [1.82, 2.24) is 24.8 Å². The van der Waals surface area contributed by atoms with Gasteiger partial charge in [0.05, 0.1) is 16.3 Å². The molecule has 0 radical (unpaired) electrons. The standard InChI is InChI=1S/C23H22N6O4S/c24-34(31,32)19-8-6-18(7-9-19)29-21(14-16-4-2-1-3-5-16)25-22(26-29)23(30)28-12-10-17-15-33-27-20(17)11-13-28/h1-9,15H,10-14H2,(H2,24,31,32). The number of carbonyl (C=O) groups excluding carboxylic acids is 1. The Labute approximate surface area is 196 Å². The molecule has 1 aliphatic heterocycles. The summed E-state index contributed by atoms with van der Waals surface area (Å²) < 4.78 is 29.9. The first-order valence-corrected chi connectivity index (χ1v) is 12.3. The number of hydrogen-bond donors (Lipinski definition) is 1. The SMILES string of the molecule is NS(=O)(=O)c1ccc(-n2nc(C(=O)N3CCc4conc4CC3)nc2Cc2ccccc2)cc1. The van der Waals surface area contributed by atoms with Crippen LogP contribution in [0.25, 0.3) is 5.69 Å². The average molecular weight is 479 g/mol. The lowest BCUT2D eigenvalue weighted by molar-refractivity contribution is 0.0750. The largest absolute Gasteiger partial charge is 0.364 e. The van der Waals surface area contributed by atoms with Crippen LogP contribution in [0.5, 0.6) is 0 Å². The van der Waals surface area contributed by atoms with Crippen LogP contribution < -0.4 is 5.14 Å². The van der Waals surface area contributed by atoms with E-state index in [1.54, 1.807) is 28.0 Å². The lowest BCUT2D eigenvalue weighted by Crippen LogP contribution is -2.34. The Balaban J connectivity index is 1.47. The summed E-state index contributed by atoms with van der Waals surface area (Å²) in [6.07, 6.45) is 3.32. The first kappa shape index (κ1) is 22.0. The van der Waals surface area contributed by atoms with Gasteiger partial charge in [0, 0.05) is 31.5 Å². The number of nitrogens with zero attached hydrogens (tertiary/aromatic N) is 5. The molecule has 1 aliphatic rings. The minimum absolute atomic E-state index is 0.00594.